The highest BCUT2D eigenvalue weighted by molar-refractivity contribution is 5.86. The van der Waals surface area contributed by atoms with E-state index in [4.69, 9.17) is 0 Å². The fourth-order valence-electron chi connectivity index (χ4n) is 4.31. The van der Waals surface area contributed by atoms with Crippen molar-refractivity contribution in [3.8, 4) is 0 Å². The predicted octanol–water partition coefficient (Wildman–Crippen LogP) is 2.60. The van der Waals surface area contributed by atoms with Gasteiger partial charge in [0, 0.05) is 13.1 Å². The second-order valence-corrected chi connectivity index (χ2v) is 6.50. The molecule has 5 heteroatoms. The van der Waals surface area contributed by atoms with Crippen LogP contribution in [0, 0.1) is 17.8 Å². The third kappa shape index (κ3) is 1.79. The van der Waals surface area contributed by atoms with Gasteiger partial charge >= 0.3 is 0 Å². The average molecular weight is 271 g/mol. The standard InChI is InChI=1S/C15H21N5/c1-9(12-6-10-3-4-11(12)5-10)19-14-13-7-18-20(2)15(13)17-8-16-14/h7-12H,3-6H2,1-2H3,(H,16,17,19)/t9-,10+,11+,12-/m1/s1. The van der Waals surface area contributed by atoms with Crippen molar-refractivity contribution in [2.24, 2.45) is 24.8 Å². The van der Waals surface area contributed by atoms with Gasteiger partial charge in [0.1, 0.15) is 12.1 Å². The molecule has 2 aromatic heterocycles. The normalized spacial score (nSPS) is 30.0. The first-order valence-corrected chi connectivity index (χ1v) is 7.61. The van der Waals surface area contributed by atoms with Crippen molar-refractivity contribution in [3.63, 3.8) is 0 Å². The van der Waals surface area contributed by atoms with Crippen LogP contribution in [-0.2, 0) is 7.05 Å². The molecular weight excluding hydrogens is 250 g/mol. The van der Waals surface area contributed by atoms with Crippen molar-refractivity contribution in [1.82, 2.24) is 19.7 Å². The molecule has 0 amide bonds. The second-order valence-electron chi connectivity index (χ2n) is 6.50. The van der Waals surface area contributed by atoms with Gasteiger partial charge in [-0.2, -0.15) is 5.10 Å². The van der Waals surface area contributed by atoms with Crippen molar-refractivity contribution >= 4 is 16.9 Å². The molecule has 0 aliphatic heterocycles. The van der Waals surface area contributed by atoms with Crippen LogP contribution < -0.4 is 5.32 Å². The van der Waals surface area contributed by atoms with Gasteiger partial charge in [-0.15, -0.1) is 0 Å². The largest absolute Gasteiger partial charge is 0.367 e. The molecule has 5 nitrogen and oxygen atoms in total. The summed E-state index contributed by atoms with van der Waals surface area (Å²) in [5, 5.41) is 8.91. The third-order valence-electron chi connectivity index (χ3n) is 5.33. The molecule has 2 aliphatic carbocycles. The summed E-state index contributed by atoms with van der Waals surface area (Å²) < 4.78 is 1.80. The fraction of sp³-hybridized carbons (Fsp3) is 0.667. The van der Waals surface area contributed by atoms with Gasteiger partial charge in [0.15, 0.2) is 5.65 Å². The molecular formula is C15H21N5. The highest BCUT2D eigenvalue weighted by atomic mass is 15.3. The summed E-state index contributed by atoms with van der Waals surface area (Å²) in [7, 11) is 1.92. The van der Waals surface area contributed by atoms with Crippen molar-refractivity contribution in [2.75, 3.05) is 5.32 Å². The number of anilines is 1. The van der Waals surface area contributed by atoms with Crippen LogP contribution in [0.4, 0.5) is 5.82 Å². The molecule has 0 radical (unpaired) electrons. The van der Waals surface area contributed by atoms with Crippen molar-refractivity contribution in [3.05, 3.63) is 12.5 Å². The Morgan fingerprint density at radius 1 is 1.30 bits per heavy atom. The first-order chi connectivity index (χ1) is 9.72. The summed E-state index contributed by atoms with van der Waals surface area (Å²) in [5.74, 6) is 3.64. The Labute approximate surface area is 118 Å². The molecule has 4 atom stereocenters. The monoisotopic (exact) mass is 271 g/mol. The number of aryl methyl sites for hydroxylation is 1. The molecule has 20 heavy (non-hydrogen) atoms. The van der Waals surface area contributed by atoms with Crippen LogP contribution in [0.2, 0.25) is 0 Å². The summed E-state index contributed by atoms with van der Waals surface area (Å²) in [5.41, 5.74) is 0.891. The molecule has 0 spiro atoms. The molecule has 2 aromatic rings. The van der Waals surface area contributed by atoms with Crippen LogP contribution in [0.25, 0.3) is 11.0 Å². The number of hydrogen-bond acceptors (Lipinski definition) is 4. The Balaban J connectivity index is 1.58. The number of hydrogen-bond donors (Lipinski definition) is 1. The first kappa shape index (κ1) is 12.1. The van der Waals surface area contributed by atoms with Crippen LogP contribution in [-0.4, -0.2) is 25.8 Å². The molecule has 0 aromatic carbocycles. The topological polar surface area (TPSA) is 55.6 Å². The Morgan fingerprint density at radius 2 is 2.20 bits per heavy atom. The van der Waals surface area contributed by atoms with E-state index in [1.54, 1.807) is 11.0 Å². The van der Waals surface area contributed by atoms with Crippen molar-refractivity contribution in [2.45, 2.75) is 38.6 Å². The van der Waals surface area contributed by atoms with Gasteiger partial charge in [0.25, 0.3) is 0 Å². The lowest BCUT2D eigenvalue weighted by molar-refractivity contribution is 0.304. The molecule has 2 aliphatic rings. The molecule has 4 rings (SSSR count). The number of nitrogens with zero attached hydrogens (tertiary/aromatic N) is 4. The van der Waals surface area contributed by atoms with E-state index >= 15 is 0 Å². The van der Waals surface area contributed by atoms with E-state index in [1.807, 2.05) is 13.2 Å². The van der Waals surface area contributed by atoms with Crippen LogP contribution in [0.5, 0.6) is 0 Å². The van der Waals surface area contributed by atoms with E-state index in [-0.39, 0.29) is 0 Å². The zero-order valence-corrected chi connectivity index (χ0v) is 12.1. The van der Waals surface area contributed by atoms with Gasteiger partial charge in [-0.05, 0) is 43.9 Å². The highest BCUT2D eigenvalue weighted by Gasteiger charge is 2.41. The first-order valence-electron chi connectivity index (χ1n) is 7.61. The summed E-state index contributed by atoms with van der Waals surface area (Å²) >= 11 is 0. The number of nitrogens with one attached hydrogen (secondary N) is 1. The van der Waals surface area contributed by atoms with Crippen LogP contribution in [0.3, 0.4) is 0 Å². The molecule has 2 bridgehead atoms. The van der Waals surface area contributed by atoms with E-state index in [1.165, 1.54) is 25.7 Å². The maximum absolute atomic E-state index is 4.42. The summed E-state index contributed by atoms with van der Waals surface area (Å²) in [6.45, 7) is 2.30. The highest BCUT2D eigenvalue weighted by Crippen LogP contribution is 2.49. The summed E-state index contributed by atoms with van der Waals surface area (Å²) in [6.07, 6.45) is 9.19. The van der Waals surface area contributed by atoms with Gasteiger partial charge in [0.05, 0.1) is 11.6 Å². The quantitative estimate of drug-likeness (QED) is 0.932. The van der Waals surface area contributed by atoms with Gasteiger partial charge in [-0.1, -0.05) is 6.42 Å². The Hall–Kier alpha value is -1.65. The molecule has 2 heterocycles. The second kappa shape index (κ2) is 4.43. The molecule has 0 unspecified atom stereocenters. The third-order valence-corrected chi connectivity index (χ3v) is 5.33. The maximum atomic E-state index is 4.42. The lowest BCUT2D eigenvalue weighted by atomic mass is 9.84. The van der Waals surface area contributed by atoms with Crippen molar-refractivity contribution < 1.29 is 0 Å². The zero-order valence-electron chi connectivity index (χ0n) is 12.1. The minimum absolute atomic E-state index is 0.476. The lowest BCUT2D eigenvalue weighted by Crippen LogP contribution is -2.30. The lowest BCUT2D eigenvalue weighted by Gasteiger charge is -2.29. The van der Waals surface area contributed by atoms with E-state index < -0.39 is 0 Å². The molecule has 2 fully saturated rings. The van der Waals surface area contributed by atoms with Crippen molar-refractivity contribution in [1.29, 1.82) is 0 Å². The minimum Gasteiger partial charge on any atom is -0.367 e. The van der Waals surface area contributed by atoms with E-state index in [2.05, 4.69) is 27.3 Å². The van der Waals surface area contributed by atoms with E-state index in [0.29, 0.717) is 6.04 Å². The fourth-order valence-corrected chi connectivity index (χ4v) is 4.31. The van der Waals surface area contributed by atoms with Crippen LogP contribution >= 0.6 is 0 Å². The van der Waals surface area contributed by atoms with Gasteiger partial charge in [-0.3, -0.25) is 4.68 Å². The molecule has 106 valence electrons. The molecule has 2 saturated carbocycles. The Bertz CT molecular complexity index is 634. The SMILES string of the molecule is C[C@@H](Nc1ncnc2c1cnn2C)[C@H]1C[C@H]2CC[C@H]1C2. The minimum atomic E-state index is 0.476. The van der Waals surface area contributed by atoms with Gasteiger partial charge in [0.2, 0.25) is 0 Å². The zero-order chi connectivity index (χ0) is 13.7. The number of fused-ring (bicyclic) bond motifs is 3. The summed E-state index contributed by atoms with van der Waals surface area (Å²) in [4.78, 5) is 8.71. The van der Waals surface area contributed by atoms with Gasteiger partial charge < -0.3 is 5.32 Å². The summed E-state index contributed by atoms with van der Waals surface area (Å²) in [6, 6.07) is 0.476. The molecule has 1 N–H and O–H groups in total. The van der Waals surface area contributed by atoms with E-state index in [0.717, 1.165) is 34.6 Å². The Kier molecular flexibility index (Phi) is 2.69. The number of aromatic nitrogens is 4. The Morgan fingerprint density at radius 3 is 2.95 bits per heavy atom. The molecule has 0 saturated heterocycles. The van der Waals surface area contributed by atoms with Crippen LogP contribution in [0.1, 0.15) is 32.6 Å². The van der Waals surface area contributed by atoms with Gasteiger partial charge in [-0.25, -0.2) is 9.97 Å². The average Bonchev–Trinajstić information content (AvgIpc) is 3.15. The maximum Gasteiger partial charge on any atom is 0.163 e. The van der Waals surface area contributed by atoms with Crippen LogP contribution in [0.15, 0.2) is 12.5 Å². The van der Waals surface area contributed by atoms with E-state index in [9.17, 15) is 0 Å². The smallest absolute Gasteiger partial charge is 0.163 e. The number of rotatable bonds is 3. The predicted molar refractivity (Wildman–Crippen MR) is 78.3 cm³/mol.